The summed E-state index contributed by atoms with van der Waals surface area (Å²) in [7, 11) is 1.62. The van der Waals surface area contributed by atoms with Crippen LogP contribution in [-0.4, -0.2) is 30.2 Å². The highest BCUT2D eigenvalue weighted by atomic mass is 35.5. The Morgan fingerprint density at radius 3 is 2.61 bits per heavy atom. The van der Waals surface area contributed by atoms with Gasteiger partial charge < -0.3 is 9.47 Å². The summed E-state index contributed by atoms with van der Waals surface area (Å²) >= 11 is 6.73. The normalized spacial score (nSPS) is 33.1. The Morgan fingerprint density at radius 2 is 2.04 bits per heavy atom. The van der Waals surface area contributed by atoms with E-state index >= 15 is 0 Å². The number of amides is 1. The number of benzene rings is 1. The van der Waals surface area contributed by atoms with Gasteiger partial charge in [0.25, 0.3) is 0 Å². The minimum atomic E-state index is -0.556. The molecule has 0 aromatic heterocycles. The van der Waals surface area contributed by atoms with Gasteiger partial charge in [0.2, 0.25) is 0 Å². The smallest absolute Gasteiger partial charge is 0.415 e. The van der Waals surface area contributed by atoms with Crippen LogP contribution < -0.4 is 9.64 Å². The Kier molecular flexibility index (Phi) is 4.05. The average Bonchev–Trinajstić information content (AvgIpc) is 2.79. The fourth-order valence-electron chi connectivity index (χ4n) is 3.62. The van der Waals surface area contributed by atoms with Crippen LogP contribution >= 0.6 is 11.6 Å². The lowest BCUT2D eigenvalue weighted by atomic mass is 9.72. The molecule has 5 heteroatoms. The van der Waals surface area contributed by atoms with Crippen LogP contribution in [-0.2, 0) is 4.74 Å². The molecular weight excluding hydrogens is 314 g/mol. The van der Waals surface area contributed by atoms with Gasteiger partial charge in [0.15, 0.2) is 0 Å². The third-order valence-corrected chi connectivity index (χ3v) is 5.83. The first-order valence-electron chi connectivity index (χ1n) is 7.82. The van der Waals surface area contributed by atoms with Crippen molar-refractivity contribution in [1.82, 2.24) is 0 Å². The van der Waals surface area contributed by atoms with E-state index in [1.54, 1.807) is 12.0 Å². The number of ether oxygens (including phenoxy) is 2. The second-order valence-electron chi connectivity index (χ2n) is 6.61. The highest BCUT2D eigenvalue weighted by Gasteiger charge is 2.59. The van der Waals surface area contributed by atoms with Crippen LogP contribution in [0.3, 0.4) is 0 Å². The molecule has 1 saturated heterocycles. The van der Waals surface area contributed by atoms with Gasteiger partial charge in [-0.25, -0.2) is 4.79 Å². The molecular formula is C18H22ClNO3. The minimum Gasteiger partial charge on any atom is -0.497 e. The molecule has 0 unspecified atom stereocenters. The van der Waals surface area contributed by atoms with Crippen molar-refractivity contribution in [2.75, 3.05) is 12.0 Å². The molecule has 2 fully saturated rings. The molecule has 2 aliphatic rings. The first-order valence-corrected chi connectivity index (χ1v) is 8.26. The van der Waals surface area contributed by atoms with Crippen molar-refractivity contribution in [3.8, 4) is 5.75 Å². The number of fused-ring (bicyclic) bond motifs is 1. The van der Waals surface area contributed by atoms with E-state index in [9.17, 15) is 4.79 Å². The zero-order valence-electron chi connectivity index (χ0n) is 13.7. The summed E-state index contributed by atoms with van der Waals surface area (Å²) in [4.78, 5) is 14.2. The van der Waals surface area contributed by atoms with Crippen molar-refractivity contribution in [2.45, 2.75) is 43.7 Å². The van der Waals surface area contributed by atoms with Gasteiger partial charge in [-0.3, -0.25) is 4.90 Å². The zero-order valence-corrected chi connectivity index (χ0v) is 14.5. The molecule has 124 valence electrons. The Bertz CT molecular complexity index is 630. The monoisotopic (exact) mass is 335 g/mol. The van der Waals surface area contributed by atoms with Crippen molar-refractivity contribution >= 4 is 23.4 Å². The number of nitrogens with zero attached hydrogens (tertiary/aromatic N) is 1. The number of alkyl halides is 1. The van der Waals surface area contributed by atoms with Gasteiger partial charge in [-0.05, 0) is 56.9 Å². The summed E-state index contributed by atoms with van der Waals surface area (Å²) in [5.41, 5.74) is 1.32. The molecule has 23 heavy (non-hydrogen) atoms. The molecule has 0 spiro atoms. The van der Waals surface area contributed by atoms with Crippen LogP contribution in [0.2, 0.25) is 0 Å². The summed E-state index contributed by atoms with van der Waals surface area (Å²) in [6, 6.07) is 7.40. The number of halogens is 1. The Balaban J connectivity index is 1.95. The lowest BCUT2D eigenvalue weighted by Gasteiger charge is -2.45. The van der Waals surface area contributed by atoms with Crippen molar-refractivity contribution in [3.63, 3.8) is 0 Å². The van der Waals surface area contributed by atoms with E-state index in [0.717, 1.165) is 29.9 Å². The standard InChI is InChI=1S/C18H22ClNO3/c1-11(2)12-9-15(19)18(3)16(10-12)23-17(21)20(18)13-5-7-14(22-4)8-6-13/h5-8,12,15-16H,1,9-10H2,2-4H3/t12-,15-,16-,18+/m1/s1. The van der Waals surface area contributed by atoms with Gasteiger partial charge in [0.05, 0.1) is 12.5 Å². The Hall–Kier alpha value is -1.68. The van der Waals surface area contributed by atoms with Crippen molar-refractivity contribution in [1.29, 1.82) is 0 Å². The third-order valence-electron chi connectivity index (χ3n) is 5.21. The van der Waals surface area contributed by atoms with E-state index < -0.39 is 5.54 Å². The van der Waals surface area contributed by atoms with Gasteiger partial charge in [-0.1, -0.05) is 12.2 Å². The number of methoxy groups -OCH3 is 1. The number of anilines is 1. The molecule has 1 saturated carbocycles. The van der Waals surface area contributed by atoms with Crippen LogP contribution in [0.4, 0.5) is 10.5 Å². The zero-order chi connectivity index (χ0) is 16.8. The molecule has 3 rings (SSSR count). The number of carbonyl (C=O) groups excluding carboxylic acids is 1. The van der Waals surface area contributed by atoms with Crippen LogP contribution in [0.25, 0.3) is 0 Å². The van der Waals surface area contributed by atoms with Crippen molar-refractivity contribution in [3.05, 3.63) is 36.4 Å². The molecule has 1 aliphatic carbocycles. The maximum absolute atomic E-state index is 12.5. The minimum absolute atomic E-state index is 0.198. The summed E-state index contributed by atoms with van der Waals surface area (Å²) < 4.78 is 10.9. The van der Waals surface area contributed by atoms with Gasteiger partial charge >= 0.3 is 6.09 Å². The largest absolute Gasteiger partial charge is 0.497 e. The van der Waals surface area contributed by atoms with Crippen molar-refractivity contribution in [2.24, 2.45) is 5.92 Å². The number of rotatable bonds is 3. The summed E-state index contributed by atoms with van der Waals surface area (Å²) in [5.74, 6) is 1.04. The molecule has 0 bridgehead atoms. The van der Waals surface area contributed by atoms with Gasteiger partial charge in [0, 0.05) is 5.69 Å². The first-order chi connectivity index (χ1) is 10.9. The Morgan fingerprint density at radius 1 is 1.39 bits per heavy atom. The quantitative estimate of drug-likeness (QED) is 0.608. The molecule has 1 aromatic carbocycles. The maximum atomic E-state index is 12.5. The van der Waals surface area contributed by atoms with E-state index in [0.29, 0.717) is 5.92 Å². The summed E-state index contributed by atoms with van der Waals surface area (Å²) in [6.07, 6.45) is 1.01. The number of hydrogen-bond acceptors (Lipinski definition) is 3. The molecule has 4 nitrogen and oxygen atoms in total. The van der Waals surface area contributed by atoms with Gasteiger partial charge in [0.1, 0.15) is 17.4 Å². The second-order valence-corrected chi connectivity index (χ2v) is 7.14. The van der Waals surface area contributed by atoms with Crippen molar-refractivity contribution < 1.29 is 14.3 Å². The van der Waals surface area contributed by atoms with E-state index in [1.807, 2.05) is 38.1 Å². The topological polar surface area (TPSA) is 38.8 Å². The number of allylic oxidation sites excluding steroid dienone is 1. The van der Waals surface area contributed by atoms with Crippen LogP contribution in [0.15, 0.2) is 36.4 Å². The van der Waals surface area contributed by atoms with Gasteiger partial charge in [-0.2, -0.15) is 0 Å². The molecule has 1 heterocycles. The van der Waals surface area contributed by atoms with Crippen LogP contribution in [0.5, 0.6) is 5.75 Å². The molecule has 0 radical (unpaired) electrons. The lowest BCUT2D eigenvalue weighted by molar-refractivity contribution is 0.0737. The Labute approximate surface area is 142 Å². The fraction of sp³-hybridized carbons (Fsp3) is 0.500. The second kappa shape index (κ2) is 5.75. The van der Waals surface area contributed by atoms with E-state index in [1.165, 1.54) is 0 Å². The third kappa shape index (κ3) is 2.49. The van der Waals surface area contributed by atoms with Crippen LogP contribution in [0, 0.1) is 5.92 Å². The number of carbonyl (C=O) groups is 1. The van der Waals surface area contributed by atoms with Gasteiger partial charge in [-0.15, -0.1) is 11.6 Å². The first kappa shape index (κ1) is 16.2. The summed E-state index contributed by atoms with van der Waals surface area (Å²) in [6.45, 7) is 8.06. The highest BCUT2D eigenvalue weighted by molar-refractivity contribution is 6.22. The molecule has 1 amide bonds. The van der Waals surface area contributed by atoms with E-state index in [-0.39, 0.29) is 17.6 Å². The lowest BCUT2D eigenvalue weighted by Crippen LogP contribution is -2.59. The molecule has 1 aliphatic heterocycles. The molecule has 0 N–H and O–H groups in total. The maximum Gasteiger partial charge on any atom is 0.415 e. The predicted octanol–water partition coefficient (Wildman–Crippen LogP) is 4.37. The average molecular weight is 336 g/mol. The highest BCUT2D eigenvalue weighted by Crippen LogP contribution is 2.48. The number of hydrogen-bond donors (Lipinski definition) is 0. The fourth-order valence-corrected chi connectivity index (χ4v) is 4.08. The van der Waals surface area contributed by atoms with E-state index in [2.05, 4.69) is 6.58 Å². The van der Waals surface area contributed by atoms with E-state index in [4.69, 9.17) is 21.1 Å². The molecule has 4 atom stereocenters. The SMILES string of the molecule is C=C(C)[C@@H]1C[C@@H](Cl)[C@@]2(C)[C@@H](C1)OC(=O)N2c1ccc(OC)cc1. The predicted molar refractivity (Wildman–Crippen MR) is 91.3 cm³/mol. The molecule has 1 aromatic rings. The van der Waals surface area contributed by atoms with Crippen LogP contribution in [0.1, 0.15) is 26.7 Å². The summed E-state index contributed by atoms with van der Waals surface area (Å²) in [5, 5.41) is -0.198.